The van der Waals surface area contributed by atoms with E-state index in [2.05, 4.69) is 0 Å². The number of Topliss-reactive ketones (excluding diaryl/α,β-unsaturated/α-hetero) is 1. The van der Waals surface area contributed by atoms with Crippen molar-refractivity contribution in [1.82, 2.24) is 0 Å². The molecule has 1 aliphatic heterocycles. The lowest BCUT2D eigenvalue weighted by Crippen LogP contribution is -2.14. The highest BCUT2D eigenvalue weighted by Gasteiger charge is 2.22. The van der Waals surface area contributed by atoms with E-state index in [1.807, 2.05) is 49.4 Å². The number of halogens is 1. The van der Waals surface area contributed by atoms with Crippen LogP contribution in [0.1, 0.15) is 28.4 Å². The van der Waals surface area contributed by atoms with Gasteiger partial charge in [-0.25, -0.2) is 0 Å². The summed E-state index contributed by atoms with van der Waals surface area (Å²) in [5.74, 6) is 0.980. The first-order chi connectivity index (χ1) is 10.1. The van der Waals surface area contributed by atoms with Gasteiger partial charge in [-0.05, 0) is 29.7 Å². The van der Waals surface area contributed by atoms with E-state index in [1.165, 1.54) is 0 Å². The summed E-state index contributed by atoms with van der Waals surface area (Å²) in [5, 5.41) is 0.716. The van der Waals surface area contributed by atoms with Crippen LogP contribution in [0.3, 0.4) is 0 Å². The summed E-state index contributed by atoms with van der Waals surface area (Å²) in [6, 6.07) is 13.3. The first-order valence-electron chi connectivity index (χ1n) is 7.18. The van der Waals surface area contributed by atoms with E-state index in [4.69, 9.17) is 16.3 Å². The van der Waals surface area contributed by atoms with E-state index in [0.29, 0.717) is 18.1 Å². The van der Waals surface area contributed by atoms with Gasteiger partial charge in [-0.15, -0.1) is 0 Å². The third-order valence-corrected chi connectivity index (χ3v) is 4.08. The Labute approximate surface area is 129 Å². The zero-order chi connectivity index (χ0) is 14.8. The fourth-order valence-corrected chi connectivity index (χ4v) is 3.07. The minimum absolute atomic E-state index is 0.0980. The molecule has 0 radical (unpaired) electrons. The zero-order valence-corrected chi connectivity index (χ0v) is 12.7. The van der Waals surface area contributed by atoms with E-state index in [-0.39, 0.29) is 11.7 Å². The van der Waals surface area contributed by atoms with Crippen LogP contribution in [0.15, 0.2) is 42.5 Å². The third-order valence-electron chi connectivity index (χ3n) is 3.86. The quantitative estimate of drug-likeness (QED) is 0.785. The van der Waals surface area contributed by atoms with Crippen molar-refractivity contribution in [1.29, 1.82) is 0 Å². The molecule has 0 saturated heterocycles. The second-order valence-corrected chi connectivity index (χ2v) is 5.92. The number of rotatable bonds is 4. The van der Waals surface area contributed by atoms with Crippen LogP contribution in [-0.4, -0.2) is 12.4 Å². The summed E-state index contributed by atoms with van der Waals surface area (Å²) < 4.78 is 5.70. The topological polar surface area (TPSA) is 26.3 Å². The van der Waals surface area contributed by atoms with Crippen LogP contribution in [0.25, 0.3) is 0 Å². The molecular formula is C18H17ClO2. The maximum absolute atomic E-state index is 12.5. The molecule has 0 aromatic heterocycles. The fourth-order valence-electron chi connectivity index (χ4n) is 2.81. The highest BCUT2D eigenvalue weighted by molar-refractivity contribution is 6.30. The standard InChI is InChI=1S/C18H17ClO2/c1-12(17(20)13-5-3-2-4-6-13)9-15-11-16(19)10-14-7-8-21-18(14)15/h2-6,10-12H,7-9H2,1H3. The van der Waals surface area contributed by atoms with Crippen LogP contribution in [0.5, 0.6) is 5.75 Å². The van der Waals surface area contributed by atoms with Crippen LogP contribution in [0.2, 0.25) is 5.02 Å². The van der Waals surface area contributed by atoms with Crippen molar-refractivity contribution in [3.63, 3.8) is 0 Å². The summed E-state index contributed by atoms with van der Waals surface area (Å²) in [7, 11) is 0. The summed E-state index contributed by atoms with van der Waals surface area (Å²) in [6.45, 7) is 2.65. The molecule has 1 aliphatic rings. The summed E-state index contributed by atoms with van der Waals surface area (Å²) >= 11 is 6.17. The summed E-state index contributed by atoms with van der Waals surface area (Å²) in [5.41, 5.74) is 2.94. The lowest BCUT2D eigenvalue weighted by atomic mass is 9.92. The number of ether oxygens (including phenoxy) is 1. The lowest BCUT2D eigenvalue weighted by molar-refractivity contribution is 0.0929. The van der Waals surface area contributed by atoms with Gasteiger partial charge in [0.25, 0.3) is 0 Å². The van der Waals surface area contributed by atoms with Crippen LogP contribution in [-0.2, 0) is 12.8 Å². The lowest BCUT2D eigenvalue weighted by Gasteiger charge is -2.14. The molecule has 1 heterocycles. The van der Waals surface area contributed by atoms with Crippen molar-refractivity contribution in [3.05, 3.63) is 64.2 Å². The molecule has 0 spiro atoms. The Morgan fingerprint density at radius 2 is 2.05 bits per heavy atom. The van der Waals surface area contributed by atoms with Crippen molar-refractivity contribution in [2.24, 2.45) is 5.92 Å². The van der Waals surface area contributed by atoms with Gasteiger partial charge < -0.3 is 4.74 Å². The molecule has 0 aliphatic carbocycles. The average Bonchev–Trinajstić information content (AvgIpc) is 2.95. The Kier molecular flexibility index (Phi) is 3.98. The fraction of sp³-hybridized carbons (Fsp3) is 0.278. The van der Waals surface area contributed by atoms with Crippen LogP contribution >= 0.6 is 11.6 Å². The number of fused-ring (bicyclic) bond motifs is 1. The van der Waals surface area contributed by atoms with E-state index in [9.17, 15) is 4.79 Å². The van der Waals surface area contributed by atoms with Gasteiger partial charge in [0.1, 0.15) is 5.75 Å². The van der Waals surface area contributed by atoms with Gasteiger partial charge in [0.15, 0.2) is 5.78 Å². The first-order valence-corrected chi connectivity index (χ1v) is 7.56. The van der Waals surface area contributed by atoms with Crippen molar-refractivity contribution in [2.75, 3.05) is 6.61 Å². The monoisotopic (exact) mass is 300 g/mol. The van der Waals surface area contributed by atoms with Crippen molar-refractivity contribution < 1.29 is 9.53 Å². The average molecular weight is 301 g/mol. The maximum atomic E-state index is 12.5. The van der Waals surface area contributed by atoms with Crippen molar-refractivity contribution in [2.45, 2.75) is 19.8 Å². The van der Waals surface area contributed by atoms with Gasteiger partial charge in [-0.1, -0.05) is 48.9 Å². The van der Waals surface area contributed by atoms with Gasteiger partial charge in [0.2, 0.25) is 0 Å². The predicted molar refractivity (Wildman–Crippen MR) is 84.3 cm³/mol. The van der Waals surface area contributed by atoms with Gasteiger partial charge in [-0.3, -0.25) is 4.79 Å². The van der Waals surface area contributed by atoms with E-state index >= 15 is 0 Å². The van der Waals surface area contributed by atoms with Crippen molar-refractivity contribution in [3.8, 4) is 5.75 Å². The highest BCUT2D eigenvalue weighted by Crippen LogP contribution is 2.34. The van der Waals surface area contributed by atoms with Gasteiger partial charge in [0.05, 0.1) is 6.61 Å². The predicted octanol–water partition coefficient (Wildman–Crippen LogP) is 4.34. The molecule has 0 N–H and O–H groups in total. The molecule has 1 atom stereocenters. The maximum Gasteiger partial charge on any atom is 0.165 e. The molecule has 1 unspecified atom stereocenters. The Bertz CT molecular complexity index is 664. The van der Waals surface area contributed by atoms with E-state index < -0.39 is 0 Å². The molecule has 2 aromatic rings. The number of hydrogen-bond donors (Lipinski definition) is 0. The SMILES string of the molecule is CC(Cc1cc(Cl)cc2c1OCC2)C(=O)c1ccccc1. The van der Waals surface area contributed by atoms with Gasteiger partial charge in [-0.2, -0.15) is 0 Å². The molecule has 3 heteroatoms. The smallest absolute Gasteiger partial charge is 0.165 e. The summed E-state index contributed by atoms with van der Waals surface area (Å²) in [4.78, 5) is 12.5. The number of benzene rings is 2. The van der Waals surface area contributed by atoms with Crippen LogP contribution in [0.4, 0.5) is 0 Å². The molecule has 108 valence electrons. The number of carbonyl (C=O) groups is 1. The molecule has 2 aromatic carbocycles. The Balaban J connectivity index is 1.82. The molecule has 3 rings (SSSR count). The number of hydrogen-bond acceptors (Lipinski definition) is 2. The highest BCUT2D eigenvalue weighted by atomic mass is 35.5. The second-order valence-electron chi connectivity index (χ2n) is 5.49. The Hall–Kier alpha value is -1.80. The van der Waals surface area contributed by atoms with Crippen LogP contribution in [0, 0.1) is 5.92 Å². The normalized spacial score (nSPS) is 14.4. The Morgan fingerprint density at radius 1 is 1.29 bits per heavy atom. The molecule has 0 amide bonds. The Morgan fingerprint density at radius 3 is 2.81 bits per heavy atom. The molecule has 2 nitrogen and oxygen atoms in total. The third kappa shape index (κ3) is 2.96. The molecular weight excluding hydrogens is 284 g/mol. The minimum atomic E-state index is -0.0980. The van der Waals surface area contributed by atoms with Crippen molar-refractivity contribution >= 4 is 17.4 Å². The number of ketones is 1. The van der Waals surface area contributed by atoms with E-state index in [0.717, 1.165) is 28.9 Å². The zero-order valence-electron chi connectivity index (χ0n) is 11.9. The number of carbonyl (C=O) groups excluding carboxylic acids is 1. The first kappa shape index (κ1) is 14.2. The summed E-state index contributed by atoms with van der Waals surface area (Å²) in [6.07, 6.45) is 1.54. The van der Waals surface area contributed by atoms with Gasteiger partial charge >= 0.3 is 0 Å². The molecule has 0 bridgehead atoms. The molecule has 0 fully saturated rings. The van der Waals surface area contributed by atoms with E-state index in [1.54, 1.807) is 0 Å². The molecule has 0 saturated carbocycles. The van der Waals surface area contributed by atoms with Crippen LogP contribution < -0.4 is 4.74 Å². The van der Waals surface area contributed by atoms with Gasteiger partial charge in [0, 0.05) is 22.9 Å². The second kappa shape index (κ2) is 5.90. The molecule has 21 heavy (non-hydrogen) atoms. The minimum Gasteiger partial charge on any atom is -0.493 e. The largest absolute Gasteiger partial charge is 0.493 e.